The Kier molecular flexibility index (Phi) is 1.14. The van der Waals surface area contributed by atoms with Crippen LogP contribution in [0, 0.1) is 0 Å². The first kappa shape index (κ1) is 6.55. The summed E-state index contributed by atoms with van der Waals surface area (Å²) in [5.74, 6) is 0. The number of para-hydroxylation sites is 1. The van der Waals surface area contributed by atoms with Gasteiger partial charge in [-0.15, -0.1) is 0 Å². The maximum Gasteiger partial charge on any atom is 0.0761 e. The fourth-order valence-electron chi connectivity index (χ4n) is 1.31. The molecule has 1 aromatic carbocycles. The number of rotatable bonds is 0. The van der Waals surface area contributed by atoms with Crippen LogP contribution < -0.4 is 5.73 Å². The summed E-state index contributed by atoms with van der Waals surface area (Å²) in [5, 5.41) is 0. The molecule has 1 aliphatic rings. The molecule has 2 nitrogen and oxygen atoms in total. The lowest BCUT2D eigenvalue weighted by atomic mass is 9.96. The largest absolute Gasteiger partial charge is 0.317 e. The zero-order valence-corrected chi connectivity index (χ0v) is 6.41. The summed E-state index contributed by atoms with van der Waals surface area (Å²) < 4.78 is 0. The molecule has 0 radical (unpaired) electrons. The van der Waals surface area contributed by atoms with Gasteiger partial charge in [0.05, 0.1) is 11.2 Å². The topological polar surface area (TPSA) is 38.4 Å². The molecule has 1 heterocycles. The van der Waals surface area contributed by atoms with Crippen LogP contribution in [0.5, 0.6) is 0 Å². The first-order valence-electron chi connectivity index (χ1n) is 3.64. The van der Waals surface area contributed by atoms with Crippen LogP contribution in [-0.2, 0) is 5.54 Å². The molecule has 2 N–H and O–H groups in total. The third kappa shape index (κ3) is 0.870. The van der Waals surface area contributed by atoms with E-state index in [1.54, 1.807) is 6.21 Å². The Morgan fingerprint density at radius 3 is 2.82 bits per heavy atom. The SMILES string of the molecule is CC1(N)C=Nc2ccccc21. The lowest BCUT2D eigenvalue weighted by Crippen LogP contribution is -2.31. The number of fused-ring (bicyclic) bond motifs is 1. The van der Waals surface area contributed by atoms with Crippen LogP contribution in [0.3, 0.4) is 0 Å². The molecule has 2 heteroatoms. The van der Waals surface area contributed by atoms with Gasteiger partial charge in [-0.3, -0.25) is 4.99 Å². The molecule has 0 bridgehead atoms. The van der Waals surface area contributed by atoms with Crippen LogP contribution in [0.1, 0.15) is 12.5 Å². The van der Waals surface area contributed by atoms with Crippen molar-refractivity contribution in [3.8, 4) is 0 Å². The highest BCUT2D eigenvalue weighted by Gasteiger charge is 2.25. The van der Waals surface area contributed by atoms with Crippen LogP contribution in [0.4, 0.5) is 5.69 Å². The minimum absolute atomic E-state index is 0.364. The Morgan fingerprint density at radius 2 is 2.09 bits per heavy atom. The van der Waals surface area contributed by atoms with Gasteiger partial charge in [0.15, 0.2) is 0 Å². The van der Waals surface area contributed by atoms with Crippen LogP contribution in [-0.4, -0.2) is 6.21 Å². The van der Waals surface area contributed by atoms with Crippen molar-refractivity contribution < 1.29 is 0 Å². The highest BCUT2D eigenvalue weighted by atomic mass is 14.9. The molecule has 11 heavy (non-hydrogen) atoms. The van der Waals surface area contributed by atoms with Gasteiger partial charge in [-0.05, 0) is 13.0 Å². The summed E-state index contributed by atoms with van der Waals surface area (Å²) in [6, 6.07) is 7.95. The number of hydrogen-bond acceptors (Lipinski definition) is 2. The van der Waals surface area contributed by atoms with Gasteiger partial charge in [0, 0.05) is 11.8 Å². The highest BCUT2D eigenvalue weighted by Crippen LogP contribution is 2.32. The molecule has 2 rings (SSSR count). The fraction of sp³-hybridized carbons (Fsp3) is 0.222. The van der Waals surface area contributed by atoms with Gasteiger partial charge in [0.1, 0.15) is 0 Å². The summed E-state index contributed by atoms with van der Waals surface area (Å²) in [6.07, 6.45) is 1.79. The molecule has 1 atom stereocenters. The fourth-order valence-corrected chi connectivity index (χ4v) is 1.31. The predicted molar refractivity (Wildman–Crippen MR) is 46.1 cm³/mol. The van der Waals surface area contributed by atoms with Crippen LogP contribution >= 0.6 is 0 Å². The smallest absolute Gasteiger partial charge is 0.0761 e. The number of aliphatic imine (C=N–C) groups is 1. The second kappa shape index (κ2) is 1.92. The van der Waals surface area contributed by atoms with Crippen molar-refractivity contribution in [3.05, 3.63) is 29.8 Å². The number of nitrogens with two attached hydrogens (primary N) is 1. The standard InChI is InChI=1S/C9H10N2/c1-9(10)6-11-8-5-3-2-4-7(8)9/h2-6H,10H2,1H3. The summed E-state index contributed by atoms with van der Waals surface area (Å²) in [7, 11) is 0. The Morgan fingerprint density at radius 1 is 1.36 bits per heavy atom. The Labute approximate surface area is 65.8 Å². The summed E-state index contributed by atoms with van der Waals surface area (Å²) in [4.78, 5) is 4.20. The van der Waals surface area contributed by atoms with Gasteiger partial charge in [0.2, 0.25) is 0 Å². The molecule has 0 spiro atoms. The summed E-state index contributed by atoms with van der Waals surface area (Å²) in [5.41, 5.74) is 7.68. The van der Waals surface area contributed by atoms with Crippen molar-refractivity contribution in [2.75, 3.05) is 0 Å². The zero-order valence-electron chi connectivity index (χ0n) is 6.41. The molecule has 0 aromatic heterocycles. The summed E-state index contributed by atoms with van der Waals surface area (Å²) >= 11 is 0. The third-order valence-corrected chi connectivity index (χ3v) is 1.96. The van der Waals surface area contributed by atoms with Gasteiger partial charge in [0.25, 0.3) is 0 Å². The molecule has 1 unspecified atom stereocenters. The van der Waals surface area contributed by atoms with Gasteiger partial charge in [-0.1, -0.05) is 18.2 Å². The van der Waals surface area contributed by atoms with Gasteiger partial charge >= 0.3 is 0 Å². The van der Waals surface area contributed by atoms with Crippen molar-refractivity contribution in [2.24, 2.45) is 10.7 Å². The zero-order chi connectivity index (χ0) is 7.90. The normalized spacial score (nSPS) is 27.1. The Hall–Kier alpha value is -1.15. The predicted octanol–water partition coefficient (Wildman–Crippen LogP) is 1.58. The maximum absolute atomic E-state index is 5.94. The van der Waals surface area contributed by atoms with Gasteiger partial charge < -0.3 is 5.73 Å². The molecular weight excluding hydrogens is 136 g/mol. The van der Waals surface area contributed by atoms with Crippen molar-refractivity contribution in [1.82, 2.24) is 0 Å². The minimum Gasteiger partial charge on any atom is -0.317 e. The molecule has 0 saturated heterocycles. The number of hydrogen-bond donors (Lipinski definition) is 1. The van der Waals surface area contributed by atoms with Crippen LogP contribution in [0.25, 0.3) is 0 Å². The first-order chi connectivity index (χ1) is 5.20. The van der Waals surface area contributed by atoms with Crippen molar-refractivity contribution in [3.63, 3.8) is 0 Å². The van der Waals surface area contributed by atoms with Crippen LogP contribution in [0.15, 0.2) is 29.3 Å². The van der Waals surface area contributed by atoms with E-state index in [0.29, 0.717) is 0 Å². The van der Waals surface area contributed by atoms with Gasteiger partial charge in [-0.25, -0.2) is 0 Å². The Balaban J connectivity index is 2.64. The lowest BCUT2D eigenvalue weighted by Gasteiger charge is -2.14. The molecule has 1 aromatic rings. The quantitative estimate of drug-likeness (QED) is 0.592. The van der Waals surface area contributed by atoms with Crippen LogP contribution in [0.2, 0.25) is 0 Å². The second-order valence-electron chi connectivity index (χ2n) is 3.06. The molecule has 0 fully saturated rings. The van der Waals surface area contributed by atoms with E-state index in [-0.39, 0.29) is 5.54 Å². The molecule has 0 saturated carbocycles. The third-order valence-electron chi connectivity index (χ3n) is 1.96. The number of benzene rings is 1. The number of nitrogens with zero attached hydrogens (tertiary/aromatic N) is 1. The van der Waals surface area contributed by atoms with E-state index in [4.69, 9.17) is 5.73 Å². The van der Waals surface area contributed by atoms with E-state index in [1.165, 1.54) is 0 Å². The summed E-state index contributed by atoms with van der Waals surface area (Å²) in [6.45, 7) is 1.96. The van der Waals surface area contributed by atoms with E-state index in [9.17, 15) is 0 Å². The monoisotopic (exact) mass is 146 g/mol. The lowest BCUT2D eigenvalue weighted by molar-refractivity contribution is 0.708. The molecule has 0 aliphatic carbocycles. The van der Waals surface area contributed by atoms with E-state index < -0.39 is 0 Å². The van der Waals surface area contributed by atoms with E-state index in [2.05, 4.69) is 4.99 Å². The molecule has 0 amide bonds. The highest BCUT2D eigenvalue weighted by molar-refractivity contribution is 5.83. The minimum atomic E-state index is -0.364. The average Bonchev–Trinajstić information content (AvgIpc) is 2.29. The molecular formula is C9H10N2. The van der Waals surface area contributed by atoms with Crippen molar-refractivity contribution in [1.29, 1.82) is 0 Å². The first-order valence-corrected chi connectivity index (χ1v) is 3.64. The van der Waals surface area contributed by atoms with E-state index >= 15 is 0 Å². The molecule has 56 valence electrons. The molecule has 1 aliphatic heterocycles. The van der Waals surface area contributed by atoms with Crippen molar-refractivity contribution in [2.45, 2.75) is 12.5 Å². The second-order valence-corrected chi connectivity index (χ2v) is 3.06. The van der Waals surface area contributed by atoms with E-state index in [1.807, 2.05) is 31.2 Å². The van der Waals surface area contributed by atoms with Gasteiger partial charge in [-0.2, -0.15) is 0 Å². The maximum atomic E-state index is 5.94. The average molecular weight is 146 g/mol. The van der Waals surface area contributed by atoms with Crippen molar-refractivity contribution >= 4 is 11.9 Å². The Bertz CT molecular complexity index is 313. The van der Waals surface area contributed by atoms with E-state index in [0.717, 1.165) is 11.3 Å².